The van der Waals surface area contributed by atoms with Crippen LogP contribution in [0.4, 0.5) is 0 Å². The average molecular weight is 327 g/mol. The van der Waals surface area contributed by atoms with Crippen LogP contribution in [0.25, 0.3) is 0 Å². The topological polar surface area (TPSA) is 32.8 Å². The van der Waals surface area contributed by atoms with Crippen LogP contribution in [0.5, 0.6) is 0 Å². The first-order valence-electron chi connectivity index (χ1n) is 8.94. The fourth-order valence-electron chi connectivity index (χ4n) is 4.13. The van der Waals surface area contributed by atoms with Crippen LogP contribution < -0.4 is 0 Å². The molecular weight excluding hydrogens is 296 g/mol. The maximum atomic E-state index is 12.5. The number of likely N-dealkylation sites (tertiary alicyclic amines) is 2. The molecule has 4 nitrogen and oxygen atoms in total. The van der Waals surface area contributed by atoms with E-state index in [1.807, 2.05) is 16.7 Å². The predicted octanol–water partition coefficient (Wildman–Crippen LogP) is 2.37. The molecule has 2 saturated heterocycles. The van der Waals surface area contributed by atoms with E-state index in [0.717, 1.165) is 25.9 Å². The van der Waals surface area contributed by atoms with E-state index in [0.29, 0.717) is 24.0 Å². The molecule has 1 amide bonds. The number of ether oxygens (including phenoxy) is 1. The lowest BCUT2D eigenvalue weighted by atomic mass is 9.98. The molecule has 0 aromatic heterocycles. The molecule has 2 atom stereocenters. The van der Waals surface area contributed by atoms with E-state index in [1.54, 1.807) is 0 Å². The van der Waals surface area contributed by atoms with Gasteiger partial charge in [-0.05, 0) is 45.0 Å². The van der Waals surface area contributed by atoms with E-state index in [9.17, 15) is 4.79 Å². The largest absolute Gasteiger partial charge is 0.368 e. The van der Waals surface area contributed by atoms with Crippen molar-refractivity contribution in [2.75, 3.05) is 39.0 Å². The minimum atomic E-state index is 0.200. The van der Waals surface area contributed by atoms with Crippen molar-refractivity contribution >= 4 is 17.7 Å². The van der Waals surface area contributed by atoms with Crippen molar-refractivity contribution in [3.8, 4) is 0 Å². The molecule has 0 radical (unpaired) electrons. The molecule has 1 saturated carbocycles. The first-order chi connectivity index (χ1) is 10.8. The summed E-state index contributed by atoms with van der Waals surface area (Å²) < 4.78 is 5.88. The summed E-state index contributed by atoms with van der Waals surface area (Å²) in [4.78, 5) is 17.1. The zero-order valence-corrected chi connectivity index (χ0v) is 14.7. The van der Waals surface area contributed by atoms with Crippen molar-refractivity contribution in [2.24, 2.45) is 0 Å². The Bertz CT molecular complexity index is 368. The van der Waals surface area contributed by atoms with Gasteiger partial charge in [-0.3, -0.25) is 9.69 Å². The second kappa shape index (κ2) is 8.02. The Balaban J connectivity index is 1.47. The van der Waals surface area contributed by atoms with E-state index in [4.69, 9.17) is 4.74 Å². The molecule has 0 unspecified atom stereocenters. The molecule has 1 aliphatic carbocycles. The molecule has 0 aromatic carbocycles. The van der Waals surface area contributed by atoms with Crippen LogP contribution >= 0.6 is 11.8 Å². The summed E-state index contributed by atoms with van der Waals surface area (Å²) in [5, 5.41) is 0.566. The van der Waals surface area contributed by atoms with Crippen molar-refractivity contribution in [1.82, 2.24) is 9.80 Å². The number of nitrogens with zero attached hydrogens (tertiary/aromatic N) is 2. The van der Waals surface area contributed by atoms with Gasteiger partial charge < -0.3 is 9.64 Å². The standard InChI is InChI=1S/C17H30N2O2S/c1-22-16-12-19(11-15(16)18-9-5-6-10-18)17(20)13-21-14-7-3-2-4-8-14/h14-16H,2-13H2,1H3/t15-,16+/m0/s1. The fourth-order valence-corrected chi connectivity index (χ4v) is 5.03. The number of hydrogen-bond donors (Lipinski definition) is 0. The van der Waals surface area contributed by atoms with Gasteiger partial charge in [-0.1, -0.05) is 19.3 Å². The number of carbonyl (C=O) groups excluding carboxylic acids is 1. The number of carbonyl (C=O) groups is 1. The molecule has 0 aromatic rings. The molecule has 0 bridgehead atoms. The summed E-state index contributed by atoms with van der Waals surface area (Å²) in [5.74, 6) is 0.200. The minimum Gasteiger partial charge on any atom is -0.368 e. The van der Waals surface area contributed by atoms with Crippen LogP contribution in [-0.4, -0.2) is 72.1 Å². The molecule has 2 heterocycles. The van der Waals surface area contributed by atoms with E-state index < -0.39 is 0 Å². The van der Waals surface area contributed by atoms with Gasteiger partial charge in [0.1, 0.15) is 6.61 Å². The van der Waals surface area contributed by atoms with Crippen LogP contribution in [0.15, 0.2) is 0 Å². The molecule has 0 N–H and O–H groups in total. The van der Waals surface area contributed by atoms with Crippen molar-refractivity contribution in [3.63, 3.8) is 0 Å². The summed E-state index contributed by atoms with van der Waals surface area (Å²) in [6.45, 7) is 4.51. The number of thioether (sulfide) groups is 1. The summed E-state index contributed by atoms with van der Waals surface area (Å²) in [5.41, 5.74) is 0. The van der Waals surface area contributed by atoms with Crippen LogP contribution in [0.1, 0.15) is 44.9 Å². The number of amides is 1. The summed E-state index contributed by atoms with van der Waals surface area (Å²) >= 11 is 1.92. The maximum absolute atomic E-state index is 12.5. The lowest BCUT2D eigenvalue weighted by Crippen LogP contribution is -2.41. The Hall–Kier alpha value is -0.260. The third-order valence-corrected chi connectivity index (χ3v) is 6.57. The normalized spacial score (nSPS) is 31.0. The third kappa shape index (κ3) is 3.98. The second-order valence-electron chi connectivity index (χ2n) is 6.95. The first-order valence-corrected chi connectivity index (χ1v) is 10.2. The molecule has 3 rings (SSSR count). The molecule has 126 valence electrons. The van der Waals surface area contributed by atoms with Crippen molar-refractivity contribution < 1.29 is 9.53 Å². The number of hydrogen-bond acceptors (Lipinski definition) is 4. The molecule has 2 aliphatic heterocycles. The van der Waals surface area contributed by atoms with Crippen LogP contribution in [0, 0.1) is 0 Å². The quantitative estimate of drug-likeness (QED) is 0.776. The van der Waals surface area contributed by atoms with E-state index in [1.165, 1.54) is 45.2 Å². The molecule has 0 spiro atoms. The van der Waals surface area contributed by atoms with Gasteiger partial charge in [0, 0.05) is 24.4 Å². The van der Waals surface area contributed by atoms with Crippen LogP contribution in [-0.2, 0) is 9.53 Å². The van der Waals surface area contributed by atoms with E-state index >= 15 is 0 Å². The number of rotatable bonds is 5. The summed E-state index contributed by atoms with van der Waals surface area (Å²) in [6.07, 6.45) is 11.3. The Morgan fingerprint density at radius 1 is 1.09 bits per heavy atom. The van der Waals surface area contributed by atoms with Gasteiger partial charge in [-0.25, -0.2) is 0 Å². The Labute approximate surface area is 138 Å². The smallest absolute Gasteiger partial charge is 0.248 e. The Morgan fingerprint density at radius 2 is 1.82 bits per heavy atom. The summed E-state index contributed by atoms with van der Waals surface area (Å²) in [7, 11) is 0. The maximum Gasteiger partial charge on any atom is 0.248 e. The lowest BCUT2D eigenvalue weighted by Gasteiger charge is -2.27. The van der Waals surface area contributed by atoms with Crippen molar-refractivity contribution in [1.29, 1.82) is 0 Å². The van der Waals surface area contributed by atoms with E-state index in [2.05, 4.69) is 11.2 Å². The van der Waals surface area contributed by atoms with Gasteiger partial charge in [-0.2, -0.15) is 11.8 Å². The highest BCUT2D eigenvalue weighted by Gasteiger charge is 2.39. The first kappa shape index (κ1) is 16.6. The minimum absolute atomic E-state index is 0.200. The third-order valence-electron chi connectivity index (χ3n) is 5.50. The van der Waals surface area contributed by atoms with Gasteiger partial charge >= 0.3 is 0 Å². The van der Waals surface area contributed by atoms with E-state index in [-0.39, 0.29) is 5.91 Å². The Kier molecular flexibility index (Phi) is 6.05. The highest BCUT2D eigenvalue weighted by atomic mass is 32.2. The van der Waals surface area contributed by atoms with Gasteiger partial charge in [0.15, 0.2) is 0 Å². The molecule has 22 heavy (non-hydrogen) atoms. The van der Waals surface area contributed by atoms with Gasteiger partial charge in [-0.15, -0.1) is 0 Å². The monoisotopic (exact) mass is 326 g/mol. The highest BCUT2D eigenvalue weighted by Crippen LogP contribution is 2.28. The van der Waals surface area contributed by atoms with Gasteiger partial charge in [0.05, 0.1) is 6.10 Å². The van der Waals surface area contributed by atoms with Gasteiger partial charge in [0.2, 0.25) is 5.91 Å². The fraction of sp³-hybridized carbons (Fsp3) is 0.941. The summed E-state index contributed by atoms with van der Waals surface area (Å²) in [6, 6.07) is 0.552. The lowest BCUT2D eigenvalue weighted by molar-refractivity contribution is -0.137. The Morgan fingerprint density at radius 3 is 2.50 bits per heavy atom. The molecule has 3 aliphatic rings. The second-order valence-corrected chi connectivity index (χ2v) is 8.03. The highest BCUT2D eigenvalue weighted by molar-refractivity contribution is 7.99. The van der Waals surface area contributed by atoms with Crippen LogP contribution in [0.3, 0.4) is 0 Å². The molecule has 3 fully saturated rings. The average Bonchev–Trinajstić information content (AvgIpc) is 3.22. The SMILES string of the molecule is CS[C@@H]1CN(C(=O)COC2CCCCC2)C[C@@H]1N1CCCC1. The predicted molar refractivity (Wildman–Crippen MR) is 91.3 cm³/mol. The van der Waals surface area contributed by atoms with Crippen molar-refractivity contribution in [2.45, 2.75) is 62.3 Å². The van der Waals surface area contributed by atoms with Crippen molar-refractivity contribution in [3.05, 3.63) is 0 Å². The van der Waals surface area contributed by atoms with Crippen LogP contribution in [0.2, 0.25) is 0 Å². The zero-order chi connectivity index (χ0) is 15.4. The molecule has 5 heteroatoms. The van der Waals surface area contributed by atoms with Gasteiger partial charge in [0.25, 0.3) is 0 Å². The molecular formula is C17H30N2O2S. The zero-order valence-electron chi connectivity index (χ0n) is 13.8.